The smallest absolute Gasteiger partial charge is 0.187 e. The fraction of sp³-hybridized carbons (Fsp3) is 0.174. The lowest BCUT2D eigenvalue weighted by Crippen LogP contribution is -1.86. The molecule has 0 aliphatic rings. The summed E-state index contributed by atoms with van der Waals surface area (Å²) in [5.41, 5.74) is 8.39. The molecule has 0 saturated heterocycles. The lowest BCUT2D eigenvalue weighted by Gasteiger charge is -2.05. The Labute approximate surface area is 159 Å². The van der Waals surface area contributed by atoms with Gasteiger partial charge in [0.1, 0.15) is 11.3 Å². The minimum Gasteiger partial charge on any atom is -0.283 e. The summed E-state index contributed by atoms with van der Waals surface area (Å²) in [6, 6.07) is 18.6. The number of benzene rings is 2. The maximum absolute atomic E-state index is 4.84. The Balaban J connectivity index is 1.91. The summed E-state index contributed by atoms with van der Waals surface area (Å²) in [4.78, 5) is 4.84. The highest BCUT2D eigenvalue weighted by molar-refractivity contribution is 5.77. The zero-order valence-corrected chi connectivity index (χ0v) is 16.1. The van der Waals surface area contributed by atoms with Crippen molar-refractivity contribution < 1.29 is 0 Å². The predicted molar refractivity (Wildman–Crippen MR) is 110 cm³/mol. The largest absolute Gasteiger partial charge is 0.283 e. The first-order chi connectivity index (χ1) is 13.0. The third kappa shape index (κ3) is 3.38. The normalized spacial score (nSPS) is 11.6. The van der Waals surface area contributed by atoms with E-state index in [1.165, 1.54) is 22.3 Å². The number of fused-ring (bicyclic) bond motifs is 1. The highest BCUT2D eigenvalue weighted by atomic mass is 15.2. The molecule has 0 aliphatic carbocycles. The Morgan fingerprint density at radius 3 is 2.33 bits per heavy atom. The summed E-state index contributed by atoms with van der Waals surface area (Å²) in [5, 5.41) is 9.14. The van der Waals surface area contributed by atoms with Crippen LogP contribution in [0.1, 0.15) is 22.3 Å². The maximum Gasteiger partial charge on any atom is 0.187 e. The molecule has 2 aromatic heterocycles. The van der Waals surface area contributed by atoms with Crippen molar-refractivity contribution in [2.45, 2.75) is 27.7 Å². The summed E-state index contributed by atoms with van der Waals surface area (Å²) >= 11 is 0. The second-order valence-corrected chi connectivity index (χ2v) is 7.08. The minimum atomic E-state index is 0.749. The Morgan fingerprint density at radius 2 is 1.56 bits per heavy atom. The monoisotopic (exact) mass is 354 g/mol. The molecule has 27 heavy (non-hydrogen) atoms. The van der Waals surface area contributed by atoms with E-state index in [0.29, 0.717) is 0 Å². The summed E-state index contributed by atoms with van der Waals surface area (Å²) in [6.45, 7) is 8.34. The van der Waals surface area contributed by atoms with Gasteiger partial charge in [0.2, 0.25) is 0 Å². The molecule has 0 spiro atoms. The highest BCUT2D eigenvalue weighted by Crippen LogP contribution is 2.34. The van der Waals surface area contributed by atoms with E-state index in [0.717, 1.165) is 28.4 Å². The van der Waals surface area contributed by atoms with Gasteiger partial charge in [-0.3, -0.25) is 4.40 Å². The molecular weight excluding hydrogens is 332 g/mol. The van der Waals surface area contributed by atoms with E-state index >= 15 is 0 Å². The fourth-order valence-corrected chi connectivity index (χ4v) is 3.36. The van der Waals surface area contributed by atoms with Crippen LogP contribution in [0.5, 0.6) is 0 Å². The Morgan fingerprint density at radius 1 is 0.778 bits per heavy atom. The third-order valence-electron chi connectivity index (χ3n) is 4.62. The number of aryl methyl sites for hydroxylation is 4. The number of azo groups is 1. The average molecular weight is 354 g/mol. The molecule has 134 valence electrons. The van der Waals surface area contributed by atoms with Crippen LogP contribution in [0.2, 0.25) is 0 Å². The average Bonchev–Trinajstić information content (AvgIpc) is 2.99. The van der Waals surface area contributed by atoms with Crippen LogP contribution < -0.4 is 0 Å². The zero-order chi connectivity index (χ0) is 19.0. The summed E-state index contributed by atoms with van der Waals surface area (Å²) in [6.07, 6.45) is 1.98. The first-order valence-electron chi connectivity index (χ1n) is 9.06. The molecule has 4 aromatic rings. The van der Waals surface area contributed by atoms with Gasteiger partial charge >= 0.3 is 0 Å². The van der Waals surface area contributed by atoms with Crippen molar-refractivity contribution in [3.05, 3.63) is 83.0 Å². The standard InChI is InChI=1S/C23H22N4/c1-15-8-9-18(4)20(14-15)22-23(27-10-6-5-7-21(27)24-22)26-25-19-12-16(2)11-17(3)13-19/h5-14H,1-4H3. The Kier molecular flexibility index (Phi) is 4.32. The van der Waals surface area contributed by atoms with Crippen molar-refractivity contribution in [2.24, 2.45) is 10.2 Å². The number of hydrogen-bond donors (Lipinski definition) is 0. The van der Waals surface area contributed by atoms with Crippen LogP contribution >= 0.6 is 0 Å². The van der Waals surface area contributed by atoms with Gasteiger partial charge in [0.25, 0.3) is 0 Å². The second-order valence-electron chi connectivity index (χ2n) is 7.08. The van der Waals surface area contributed by atoms with Gasteiger partial charge in [-0.2, -0.15) is 0 Å². The van der Waals surface area contributed by atoms with Gasteiger partial charge in [-0.15, -0.1) is 10.2 Å². The molecule has 0 saturated carbocycles. The number of aromatic nitrogens is 2. The molecule has 4 heteroatoms. The maximum atomic E-state index is 4.84. The van der Waals surface area contributed by atoms with E-state index in [9.17, 15) is 0 Å². The van der Waals surface area contributed by atoms with Crippen LogP contribution in [0.25, 0.3) is 16.9 Å². The molecule has 4 nitrogen and oxygen atoms in total. The number of imidazole rings is 1. The molecule has 2 heterocycles. The van der Waals surface area contributed by atoms with Crippen LogP contribution in [0, 0.1) is 27.7 Å². The molecule has 0 fully saturated rings. The van der Waals surface area contributed by atoms with E-state index in [1.807, 2.05) is 40.9 Å². The zero-order valence-electron chi connectivity index (χ0n) is 16.1. The van der Waals surface area contributed by atoms with Gasteiger partial charge in [0.05, 0.1) is 5.69 Å². The molecule has 0 unspecified atom stereocenters. The van der Waals surface area contributed by atoms with Gasteiger partial charge in [-0.1, -0.05) is 29.8 Å². The van der Waals surface area contributed by atoms with Crippen molar-refractivity contribution in [3.63, 3.8) is 0 Å². The lowest BCUT2D eigenvalue weighted by molar-refractivity contribution is 1.10. The molecule has 0 radical (unpaired) electrons. The van der Waals surface area contributed by atoms with Crippen LogP contribution in [0.15, 0.2) is 71.0 Å². The van der Waals surface area contributed by atoms with Crippen LogP contribution in [-0.2, 0) is 0 Å². The third-order valence-corrected chi connectivity index (χ3v) is 4.62. The van der Waals surface area contributed by atoms with E-state index < -0.39 is 0 Å². The van der Waals surface area contributed by atoms with E-state index in [2.05, 4.69) is 62.2 Å². The van der Waals surface area contributed by atoms with Crippen LogP contribution in [-0.4, -0.2) is 9.38 Å². The highest BCUT2D eigenvalue weighted by Gasteiger charge is 2.15. The van der Waals surface area contributed by atoms with Gasteiger partial charge in [-0.05, 0) is 74.7 Å². The van der Waals surface area contributed by atoms with Gasteiger partial charge < -0.3 is 0 Å². The SMILES string of the molecule is Cc1cc(C)cc(N=Nc2c(-c3cc(C)ccc3C)nc3ccccn23)c1. The summed E-state index contributed by atoms with van der Waals surface area (Å²) in [5.74, 6) is 0.749. The predicted octanol–water partition coefficient (Wildman–Crippen LogP) is 6.65. The van der Waals surface area contributed by atoms with Crippen molar-refractivity contribution in [1.29, 1.82) is 0 Å². The molecule has 0 atom stereocenters. The molecule has 0 N–H and O–H groups in total. The first-order valence-corrected chi connectivity index (χ1v) is 9.06. The second kappa shape index (κ2) is 6.80. The Bertz CT molecular complexity index is 1150. The van der Waals surface area contributed by atoms with Gasteiger partial charge in [0.15, 0.2) is 5.82 Å². The van der Waals surface area contributed by atoms with Crippen molar-refractivity contribution in [1.82, 2.24) is 9.38 Å². The quantitative estimate of drug-likeness (QED) is 0.380. The van der Waals surface area contributed by atoms with E-state index in [4.69, 9.17) is 4.98 Å². The number of rotatable bonds is 3. The molecule has 0 aliphatic heterocycles. The minimum absolute atomic E-state index is 0.749. The topological polar surface area (TPSA) is 42.0 Å². The summed E-state index contributed by atoms with van der Waals surface area (Å²) in [7, 11) is 0. The molecule has 2 aromatic carbocycles. The number of nitrogens with zero attached hydrogens (tertiary/aromatic N) is 4. The number of pyridine rings is 1. The fourth-order valence-electron chi connectivity index (χ4n) is 3.36. The van der Waals surface area contributed by atoms with Crippen LogP contribution in [0.4, 0.5) is 11.5 Å². The van der Waals surface area contributed by atoms with Crippen LogP contribution in [0.3, 0.4) is 0 Å². The summed E-state index contributed by atoms with van der Waals surface area (Å²) < 4.78 is 1.99. The molecular formula is C23H22N4. The molecule has 0 bridgehead atoms. The Hall–Kier alpha value is -3.27. The van der Waals surface area contributed by atoms with Gasteiger partial charge in [-0.25, -0.2) is 4.98 Å². The molecule has 0 amide bonds. The first kappa shape index (κ1) is 17.2. The van der Waals surface area contributed by atoms with E-state index in [1.54, 1.807) is 0 Å². The number of hydrogen-bond acceptors (Lipinski definition) is 3. The molecule has 4 rings (SSSR count). The van der Waals surface area contributed by atoms with Crippen molar-refractivity contribution >= 4 is 17.2 Å². The van der Waals surface area contributed by atoms with Gasteiger partial charge in [0, 0.05) is 11.8 Å². The lowest BCUT2D eigenvalue weighted by atomic mass is 10.0. The van der Waals surface area contributed by atoms with E-state index in [-0.39, 0.29) is 0 Å². The van der Waals surface area contributed by atoms with Crippen molar-refractivity contribution in [3.8, 4) is 11.3 Å². The van der Waals surface area contributed by atoms with Crippen molar-refractivity contribution in [2.75, 3.05) is 0 Å².